The summed E-state index contributed by atoms with van der Waals surface area (Å²) in [5.41, 5.74) is 7.02. The molecule has 1 aliphatic rings. The number of rotatable bonds is 1. The highest BCUT2D eigenvalue weighted by molar-refractivity contribution is 4.91. The molecule has 1 fully saturated rings. The Bertz CT molecular complexity index is 130. The average molecular weight is 141 g/mol. The van der Waals surface area contributed by atoms with Crippen molar-refractivity contribution in [2.75, 3.05) is 13.1 Å². The van der Waals surface area contributed by atoms with Gasteiger partial charge in [-0.3, -0.25) is 4.90 Å². The molecule has 58 valence electrons. The van der Waals surface area contributed by atoms with Crippen LogP contribution < -0.4 is 0 Å². The van der Waals surface area contributed by atoms with E-state index in [9.17, 15) is 0 Å². The highest BCUT2D eigenvalue weighted by Gasteiger charge is 2.33. The van der Waals surface area contributed by atoms with Crippen molar-refractivity contribution in [1.29, 1.82) is 5.53 Å². The third kappa shape index (κ3) is 1.34. The average Bonchev–Trinajstić information content (AvgIpc) is 1.57. The zero-order valence-electron chi connectivity index (χ0n) is 6.89. The fourth-order valence-electron chi connectivity index (χ4n) is 1.08. The van der Waals surface area contributed by atoms with Crippen LogP contribution in [0.2, 0.25) is 0 Å². The first-order chi connectivity index (χ1) is 4.54. The molecule has 0 spiro atoms. The lowest BCUT2D eigenvalue weighted by Crippen LogP contribution is -2.57. The van der Waals surface area contributed by atoms with E-state index in [0.717, 1.165) is 13.1 Å². The Kier molecular flexibility index (Phi) is 1.77. The van der Waals surface area contributed by atoms with E-state index in [1.807, 2.05) is 0 Å². The van der Waals surface area contributed by atoms with Crippen LogP contribution in [0.1, 0.15) is 20.8 Å². The van der Waals surface area contributed by atoms with Crippen LogP contribution in [-0.2, 0) is 0 Å². The van der Waals surface area contributed by atoms with Gasteiger partial charge in [0.15, 0.2) is 0 Å². The number of hydrogen-bond acceptors (Lipinski definition) is 3. The van der Waals surface area contributed by atoms with Crippen molar-refractivity contribution >= 4 is 0 Å². The molecule has 3 heteroatoms. The normalized spacial score (nSPS) is 22.3. The molecule has 0 amide bonds. The molecule has 0 bridgehead atoms. The minimum Gasteiger partial charge on any atom is -0.294 e. The van der Waals surface area contributed by atoms with Gasteiger partial charge in [0.25, 0.3) is 0 Å². The van der Waals surface area contributed by atoms with Crippen molar-refractivity contribution in [3.8, 4) is 0 Å². The minimum atomic E-state index is 0.265. The molecule has 0 unspecified atom stereocenters. The molecular formula is C7H15N3. The fraction of sp³-hybridized carbons (Fsp3) is 1.00. The molecular weight excluding hydrogens is 126 g/mol. The monoisotopic (exact) mass is 141 g/mol. The Morgan fingerprint density at radius 1 is 1.40 bits per heavy atom. The predicted octanol–water partition coefficient (Wildman–Crippen LogP) is 1.50. The molecule has 0 saturated carbocycles. The van der Waals surface area contributed by atoms with Crippen molar-refractivity contribution < 1.29 is 0 Å². The summed E-state index contributed by atoms with van der Waals surface area (Å²) in [5, 5.41) is 3.47. The zero-order valence-corrected chi connectivity index (χ0v) is 6.89. The van der Waals surface area contributed by atoms with Crippen LogP contribution in [0.15, 0.2) is 5.11 Å². The second-order valence-corrected chi connectivity index (χ2v) is 3.86. The number of nitrogens with zero attached hydrogens (tertiary/aromatic N) is 2. The summed E-state index contributed by atoms with van der Waals surface area (Å²) in [6.07, 6.45) is 0. The second kappa shape index (κ2) is 2.31. The summed E-state index contributed by atoms with van der Waals surface area (Å²) in [5.74, 6) is 0. The van der Waals surface area contributed by atoms with Crippen molar-refractivity contribution in [3.63, 3.8) is 0 Å². The lowest BCUT2D eigenvalue weighted by Gasteiger charge is -2.45. The van der Waals surface area contributed by atoms with Crippen LogP contribution in [-0.4, -0.2) is 29.6 Å². The van der Waals surface area contributed by atoms with Gasteiger partial charge in [0.2, 0.25) is 0 Å². The molecule has 1 rings (SSSR count). The smallest absolute Gasteiger partial charge is 0.0959 e. The van der Waals surface area contributed by atoms with Gasteiger partial charge >= 0.3 is 0 Å². The third-order valence-corrected chi connectivity index (χ3v) is 1.99. The Morgan fingerprint density at radius 2 is 1.90 bits per heavy atom. The summed E-state index contributed by atoms with van der Waals surface area (Å²) >= 11 is 0. The SMILES string of the molecule is CC(C)(C)N1CC(N=N)C1. The van der Waals surface area contributed by atoms with E-state index in [1.54, 1.807) is 0 Å². The van der Waals surface area contributed by atoms with E-state index in [4.69, 9.17) is 5.53 Å². The van der Waals surface area contributed by atoms with Gasteiger partial charge in [0.1, 0.15) is 0 Å². The molecule has 0 aromatic heterocycles. The van der Waals surface area contributed by atoms with Gasteiger partial charge in [-0.05, 0) is 20.8 Å². The van der Waals surface area contributed by atoms with Crippen molar-refractivity contribution in [2.45, 2.75) is 32.4 Å². The van der Waals surface area contributed by atoms with Gasteiger partial charge in [-0.15, -0.1) is 0 Å². The van der Waals surface area contributed by atoms with Crippen LogP contribution in [0.3, 0.4) is 0 Å². The molecule has 1 saturated heterocycles. The zero-order chi connectivity index (χ0) is 7.78. The van der Waals surface area contributed by atoms with Gasteiger partial charge in [-0.1, -0.05) is 0 Å². The van der Waals surface area contributed by atoms with Crippen LogP contribution in [0.5, 0.6) is 0 Å². The molecule has 10 heavy (non-hydrogen) atoms. The van der Waals surface area contributed by atoms with Crippen molar-refractivity contribution in [3.05, 3.63) is 0 Å². The molecule has 1 aliphatic heterocycles. The van der Waals surface area contributed by atoms with E-state index in [1.165, 1.54) is 0 Å². The molecule has 1 heterocycles. The number of nitrogens with one attached hydrogen (secondary N) is 1. The first-order valence-corrected chi connectivity index (χ1v) is 3.65. The van der Waals surface area contributed by atoms with Crippen LogP contribution in [0.25, 0.3) is 0 Å². The highest BCUT2D eigenvalue weighted by atomic mass is 15.3. The van der Waals surface area contributed by atoms with Crippen LogP contribution in [0.4, 0.5) is 0 Å². The lowest BCUT2D eigenvalue weighted by atomic mass is 9.98. The van der Waals surface area contributed by atoms with Gasteiger partial charge in [-0.2, -0.15) is 5.11 Å². The minimum absolute atomic E-state index is 0.265. The Balaban J connectivity index is 2.32. The summed E-state index contributed by atoms with van der Waals surface area (Å²) in [6.45, 7) is 8.49. The van der Waals surface area contributed by atoms with E-state index in [-0.39, 0.29) is 11.6 Å². The maximum atomic E-state index is 6.75. The first-order valence-electron chi connectivity index (χ1n) is 3.65. The maximum absolute atomic E-state index is 6.75. The molecule has 0 aromatic rings. The quantitative estimate of drug-likeness (QED) is 0.552. The Labute approximate surface area is 61.9 Å². The Hall–Kier alpha value is -0.440. The summed E-state index contributed by atoms with van der Waals surface area (Å²) in [4.78, 5) is 2.33. The van der Waals surface area contributed by atoms with E-state index in [0.29, 0.717) is 0 Å². The van der Waals surface area contributed by atoms with Crippen LogP contribution in [0, 0.1) is 5.53 Å². The molecule has 1 N–H and O–H groups in total. The van der Waals surface area contributed by atoms with Crippen molar-refractivity contribution in [2.24, 2.45) is 5.11 Å². The van der Waals surface area contributed by atoms with E-state index >= 15 is 0 Å². The molecule has 0 aromatic carbocycles. The van der Waals surface area contributed by atoms with Gasteiger partial charge in [0, 0.05) is 18.6 Å². The maximum Gasteiger partial charge on any atom is 0.0959 e. The van der Waals surface area contributed by atoms with Gasteiger partial charge in [-0.25, -0.2) is 5.53 Å². The topological polar surface area (TPSA) is 39.5 Å². The molecule has 0 aliphatic carbocycles. The summed E-state index contributed by atoms with van der Waals surface area (Å²) < 4.78 is 0. The highest BCUT2D eigenvalue weighted by Crippen LogP contribution is 2.22. The summed E-state index contributed by atoms with van der Waals surface area (Å²) in [6, 6.07) is 0.277. The molecule has 3 nitrogen and oxygen atoms in total. The van der Waals surface area contributed by atoms with E-state index in [2.05, 4.69) is 30.8 Å². The first kappa shape index (κ1) is 7.66. The fourth-order valence-corrected chi connectivity index (χ4v) is 1.08. The number of likely N-dealkylation sites (tertiary alicyclic amines) is 1. The van der Waals surface area contributed by atoms with Crippen molar-refractivity contribution in [1.82, 2.24) is 4.90 Å². The van der Waals surface area contributed by atoms with Gasteiger partial charge in [0.05, 0.1) is 6.04 Å². The predicted molar refractivity (Wildman–Crippen MR) is 40.3 cm³/mol. The Morgan fingerprint density at radius 3 is 2.20 bits per heavy atom. The largest absolute Gasteiger partial charge is 0.294 e. The molecule has 0 atom stereocenters. The standard InChI is InChI=1S/C7H15N3/c1-7(2,3)10-4-6(5-10)9-8/h6,8H,4-5H2,1-3H3. The molecule has 0 radical (unpaired) electrons. The summed E-state index contributed by atoms with van der Waals surface area (Å²) in [7, 11) is 0. The van der Waals surface area contributed by atoms with E-state index < -0.39 is 0 Å². The third-order valence-electron chi connectivity index (χ3n) is 1.99. The number of hydrogen-bond donors (Lipinski definition) is 1. The van der Waals surface area contributed by atoms with Gasteiger partial charge < -0.3 is 0 Å². The lowest BCUT2D eigenvalue weighted by molar-refractivity contribution is 0.0471. The second-order valence-electron chi connectivity index (χ2n) is 3.86. The van der Waals surface area contributed by atoms with Crippen LogP contribution >= 0.6 is 0 Å².